The Labute approximate surface area is 205 Å². The smallest absolute Gasteiger partial charge is 0.311 e. The standard InChI is InChI=1S/C26H33N3O6/c1-3-22(26(31)27-20-11-7-8-12-20)28(16-15-19-9-5-4-6-10-19)25(30)18-35-21-13-14-23(29(32)33)24(17-21)34-2/h4-6,9-10,13-14,17,20,22H,3,7-8,11-12,15-16,18H2,1-2H3,(H,27,31). The predicted octanol–water partition coefficient (Wildman–Crippen LogP) is 3.89. The molecule has 35 heavy (non-hydrogen) atoms. The van der Waals surface area contributed by atoms with Gasteiger partial charge in [-0.15, -0.1) is 0 Å². The first-order valence-corrected chi connectivity index (χ1v) is 12.0. The summed E-state index contributed by atoms with van der Waals surface area (Å²) in [5, 5.41) is 14.2. The Hall–Kier alpha value is -3.62. The van der Waals surface area contributed by atoms with Crippen LogP contribution in [0.25, 0.3) is 0 Å². The lowest BCUT2D eigenvalue weighted by Gasteiger charge is -2.31. The molecule has 0 saturated heterocycles. The maximum Gasteiger partial charge on any atom is 0.311 e. The highest BCUT2D eigenvalue weighted by atomic mass is 16.6. The molecule has 2 amide bonds. The average molecular weight is 484 g/mol. The van der Waals surface area contributed by atoms with Crippen molar-refractivity contribution in [3.63, 3.8) is 0 Å². The van der Waals surface area contributed by atoms with Gasteiger partial charge in [0.2, 0.25) is 11.7 Å². The van der Waals surface area contributed by atoms with Gasteiger partial charge in [0.1, 0.15) is 11.8 Å². The van der Waals surface area contributed by atoms with E-state index in [2.05, 4.69) is 5.32 Å². The van der Waals surface area contributed by atoms with E-state index in [1.807, 2.05) is 37.3 Å². The highest BCUT2D eigenvalue weighted by Crippen LogP contribution is 2.30. The first kappa shape index (κ1) is 26.0. The Kier molecular flexibility index (Phi) is 9.46. The number of nitro groups is 1. The number of nitro benzene ring substituents is 1. The summed E-state index contributed by atoms with van der Waals surface area (Å²) >= 11 is 0. The van der Waals surface area contributed by atoms with Crippen molar-refractivity contribution >= 4 is 17.5 Å². The number of carbonyl (C=O) groups excluding carboxylic acids is 2. The third kappa shape index (κ3) is 7.18. The van der Waals surface area contributed by atoms with Crippen molar-refractivity contribution in [1.82, 2.24) is 10.2 Å². The van der Waals surface area contributed by atoms with E-state index in [0.717, 1.165) is 31.2 Å². The number of nitrogens with one attached hydrogen (secondary N) is 1. The van der Waals surface area contributed by atoms with Crippen LogP contribution in [-0.4, -0.2) is 54.0 Å². The second-order valence-electron chi connectivity index (χ2n) is 8.62. The van der Waals surface area contributed by atoms with Gasteiger partial charge in [-0.25, -0.2) is 0 Å². The van der Waals surface area contributed by atoms with Crippen molar-refractivity contribution in [1.29, 1.82) is 0 Å². The van der Waals surface area contributed by atoms with Crippen LogP contribution < -0.4 is 14.8 Å². The molecule has 1 fully saturated rings. The molecule has 0 radical (unpaired) electrons. The molecule has 2 aromatic rings. The zero-order chi connectivity index (χ0) is 25.2. The summed E-state index contributed by atoms with van der Waals surface area (Å²) in [6.45, 7) is 1.96. The van der Waals surface area contributed by atoms with Crippen molar-refractivity contribution in [2.75, 3.05) is 20.3 Å². The minimum atomic E-state index is -0.609. The molecular formula is C26H33N3O6. The largest absolute Gasteiger partial charge is 0.490 e. The second kappa shape index (κ2) is 12.7. The minimum Gasteiger partial charge on any atom is -0.490 e. The van der Waals surface area contributed by atoms with Gasteiger partial charge in [-0.2, -0.15) is 0 Å². The van der Waals surface area contributed by atoms with Gasteiger partial charge < -0.3 is 19.7 Å². The van der Waals surface area contributed by atoms with Crippen LogP contribution >= 0.6 is 0 Å². The van der Waals surface area contributed by atoms with E-state index < -0.39 is 11.0 Å². The van der Waals surface area contributed by atoms with E-state index in [1.165, 1.54) is 25.3 Å². The molecule has 1 aliphatic carbocycles. The first-order valence-electron chi connectivity index (χ1n) is 12.0. The fourth-order valence-corrected chi connectivity index (χ4v) is 4.39. The average Bonchev–Trinajstić information content (AvgIpc) is 3.38. The van der Waals surface area contributed by atoms with Crippen LogP contribution in [0.3, 0.4) is 0 Å². The minimum absolute atomic E-state index is 0.0447. The number of benzene rings is 2. The molecule has 0 aliphatic heterocycles. The van der Waals surface area contributed by atoms with Crippen LogP contribution in [0.1, 0.15) is 44.6 Å². The van der Waals surface area contributed by atoms with E-state index in [1.54, 1.807) is 4.90 Å². The maximum atomic E-state index is 13.3. The molecule has 3 rings (SSSR count). The Bertz CT molecular complexity index is 1010. The van der Waals surface area contributed by atoms with Crippen LogP contribution in [0.15, 0.2) is 48.5 Å². The third-order valence-corrected chi connectivity index (χ3v) is 6.28. The maximum absolute atomic E-state index is 13.3. The van der Waals surface area contributed by atoms with Gasteiger partial charge in [-0.05, 0) is 37.3 Å². The molecule has 188 valence electrons. The lowest BCUT2D eigenvalue weighted by atomic mass is 10.1. The fourth-order valence-electron chi connectivity index (χ4n) is 4.39. The van der Waals surface area contributed by atoms with Gasteiger partial charge in [0.25, 0.3) is 5.91 Å². The summed E-state index contributed by atoms with van der Waals surface area (Å²) in [5.41, 5.74) is 0.877. The van der Waals surface area contributed by atoms with Gasteiger partial charge in [-0.1, -0.05) is 50.1 Å². The third-order valence-electron chi connectivity index (χ3n) is 6.28. The number of ether oxygens (including phenoxy) is 2. The zero-order valence-electron chi connectivity index (χ0n) is 20.3. The molecular weight excluding hydrogens is 450 g/mol. The van der Waals surface area contributed by atoms with E-state index in [0.29, 0.717) is 19.4 Å². The fraction of sp³-hybridized carbons (Fsp3) is 0.462. The van der Waals surface area contributed by atoms with Crippen LogP contribution in [0, 0.1) is 10.1 Å². The van der Waals surface area contributed by atoms with Crippen molar-refractivity contribution in [2.45, 2.75) is 57.5 Å². The number of nitrogens with zero attached hydrogens (tertiary/aromatic N) is 2. The van der Waals surface area contributed by atoms with E-state index in [9.17, 15) is 19.7 Å². The van der Waals surface area contributed by atoms with Crippen molar-refractivity contribution in [3.05, 3.63) is 64.2 Å². The van der Waals surface area contributed by atoms with Crippen molar-refractivity contribution in [2.24, 2.45) is 0 Å². The molecule has 9 nitrogen and oxygen atoms in total. The van der Waals surface area contributed by atoms with Gasteiger partial charge >= 0.3 is 5.69 Å². The zero-order valence-corrected chi connectivity index (χ0v) is 20.3. The Morgan fingerprint density at radius 1 is 1.17 bits per heavy atom. The predicted molar refractivity (Wildman–Crippen MR) is 131 cm³/mol. The van der Waals surface area contributed by atoms with Gasteiger partial charge in [0.15, 0.2) is 6.61 Å². The number of hydrogen-bond donors (Lipinski definition) is 1. The molecule has 0 spiro atoms. The van der Waals surface area contributed by atoms with Crippen LogP contribution in [0.5, 0.6) is 11.5 Å². The Morgan fingerprint density at radius 3 is 2.51 bits per heavy atom. The lowest BCUT2D eigenvalue weighted by Crippen LogP contribution is -2.52. The summed E-state index contributed by atoms with van der Waals surface area (Å²) in [6, 6.07) is 13.4. The molecule has 1 atom stereocenters. The molecule has 1 saturated carbocycles. The SMILES string of the molecule is CCC(C(=O)NC1CCCC1)N(CCc1ccccc1)C(=O)COc1ccc([N+](=O)[O-])c(OC)c1. The number of amides is 2. The molecule has 9 heteroatoms. The summed E-state index contributed by atoms with van der Waals surface area (Å²) in [4.78, 5) is 38.6. The van der Waals surface area contributed by atoms with Crippen LogP contribution in [-0.2, 0) is 16.0 Å². The van der Waals surface area contributed by atoms with Crippen LogP contribution in [0.2, 0.25) is 0 Å². The monoisotopic (exact) mass is 483 g/mol. The highest BCUT2D eigenvalue weighted by Gasteiger charge is 2.30. The number of hydrogen-bond acceptors (Lipinski definition) is 6. The lowest BCUT2D eigenvalue weighted by molar-refractivity contribution is -0.385. The number of rotatable bonds is 12. The summed E-state index contributed by atoms with van der Waals surface area (Å²) in [6.07, 6.45) is 5.21. The molecule has 1 unspecified atom stereocenters. The summed E-state index contributed by atoms with van der Waals surface area (Å²) < 4.78 is 10.7. The Balaban J connectivity index is 1.72. The second-order valence-corrected chi connectivity index (χ2v) is 8.62. The van der Waals surface area contributed by atoms with Gasteiger partial charge in [0.05, 0.1) is 12.0 Å². The normalized spacial score (nSPS) is 14.2. The number of methoxy groups -OCH3 is 1. The molecule has 0 aromatic heterocycles. The summed E-state index contributed by atoms with van der Waals surface area (Å²) in [7, 11) is 1.33. The van der Waals surface area contributed by atoms with Crippen LogP contribution in [0.4, 0.5) is 5.69 Å². The van der Waals surface area contributed by atoms with Gasteiger partial charge in [0, 0.05) is 24.7 Å². The highest BCUT2D eigenvalue weighted by molar-refractivity contribution is 5.88. The van der Waals surface area contributed by atoms with Gasteiger partial charge in [-0.3, -0.25) is 19.7 Å². The molecule has 2 aromatic carbocycles. The molecule has 1 N–H and O–H groups in total. The Morgan fingerprint density at radius 2 is 1.89 bits per heavy atom. The van der Waals surface area contributed by atoms with E-state index >= 15 is 0 Å². The van der Waals surface area contributed by atoms with Crippen molar-refractivity contribution in [3.8, 4) is 11.5 Å². The quantitative estimate of drug-likeness (QED) is 0.362. The number of carbonyl (C=O) groups is 2. The van der Waals surface area contributed by atoms with E-state index in [-0.39, 0.29) is 41.6 Å². The van der Waals surface area contributed by atoms with E-state index in [4.69, 9.17) is 9.47 Å². The topological polar surface area (TPSA) is 111 Å². The first-order chi connectivity index (χ1) is 16.9. The molecule has 0 heterocycles. The summed E-state index contributed by atoms with van der Waals surface area (Å²) in [5.74, 6) is -0.153. The molecule has 0 bridgehead atoms. The molecule has 1 aliphatic rings. The van der Waals surface area contributed by atoms with Crippen molar-refractivity contribution < 1.29 is 24.0 Å².